The zero-order valence-corrected chi connectivity index (χ0v) is 11.0. The molecule has 0 radical (unpaired) electrons. The molecule has 1 aromatic rings. The van der Waals surface area contributed by atoms with Crippen molar-refractivity contribution in [1.29, 1.82) is 0 Å². The minimum Gasteiger partial charge on any atom is -0.496 e. The summed E-state index contributed by atoms with van der Waals surface area (Å²) in [4.78, 5) is 12.9. The minimum atomic E-state index is -0.667. The van der Waals surface area contributed by atoms with Crippen LogP contribution in [-0.2, 0) is 4.79 Å². The molecule has 0 aliphatic heterocycles. The Kier molecular flexibility index (Phi) is 3.45. The number of aryl methyl sites for hydroxylation is 1. The summed E-state index contributed by atoms with van der Waals surface area (Å²) >= 11 is 0. The fourth-order valence-electron chi connectivity index (χ4n) is 2.31. The Balaban J connectivity index is 1.99. The van der Waals surface area contributed by atoms with Crippen molar-refractivity contribution in [1.82, 2.24) is 0 Å². The van der Waals surface area contributed by atoms with Crippen molar-refractivity contribution >= 4 is 11.7 Å². The van der Waals surface area contributed by atoms with Crippen LogP contribution in [0.1, 0.15) is 12.0 Å². The summed E-state index contributed by atoms with van der Waals surface area (Å²) in [6, 6.07) is 6.02. The van der Waals surface area contributed by atoms with Gasteiger partial charge in [0, 0.05) is 19.3 Å². The van der Waals surface area contributed by atoms with Crippen molar-refractivity contribution in [3.8, 4) is 5.75 Å². The lowest BCUT2D eigenvalue weighted by Crippen LogP contribution is -2.21. The molecule has 1 aromatic carbocycles. The predicted octanol–water partition coefficient (Wildman–Crippen LogP) is 2.16. The standard InChI is InChI=1S/C14H19NO3/c1-9-6-11(4-5-13(9)18-3)15(2)8-10-7-12(10)14(16)17/h4-6,10,12H,7-8H2,1-3H3,(H,16,17). The van der Waals surface area contributed by atoms with Crippen LogP contribution in [0.3, 0.4) is 0 Å². The van der Waals surface area contributed by atoms with E-state index in [1.54, 1.807) is 7.11 Å². The molecule has 1 aliphatic rings. The van der Waals surface area contributed by atoms with E-state index in [4.69, 9.17) is 9.84 Å². The van der Waals surface area contributed by atoms with E-state index < -0.39 is 5.97 Å². The number of nitrogens with zero attached hydrogens (tertiary/aromatic N) is 1. The van der Waals surface area contributed by atoms with Gasteiger partial charge in [0.25, 0.3) is 0 Å². The van der Waals surface area contributed by atoms with Crippen molar-refractivity contribution in [2.45, 2.75) is 13.3 Å². The van der Waals surface area contributed by atoms with Gasteiger partial charge in [0.2, 0.25) is 0 Å². The van der Waals surface area contributed by atoms with Crippen molar-refractivity contribution in [3.63, 3.8) is 0 Å². The van der Waals surface area contributed by atoms with Gasteiger partial charge in [-0.3, -0.25) is 4.79 Å². The first-order chi connectivity index (χ1) is 8.52. The van der Waals surface area contributed by atoms with Crippen LogP contribution >= 0.6 is 0 Å². The summed E-state index contributed by atoms with van der Waals surface area (Å²) in [7, 11) is 3.66. The summed E-state index contributed by atoms with van der Waals surface area (Å²) in [6.45, 7) is 2.80. The molecular weight excluding hydrogens is 230 g/mol. The Morgan fingerprint density at radius 1 is 1.56 bits per heavy atom. The van der Waals surface area contributed by atoms with Gasteiger partial charge < -0.3 is 14.7 Å². The fourth-order valence-corrected chi connectivity index (χ4v) is 2.31. The quantitative estimate of drug-likeness (QED) is 0.868. The van der Waals surface area contributed by atoms with Gasteiger partial charge in [-0.25, -0.2) is 0 Å². The Hall–Kier alpha value is -1.71. The summed E-state index contributed by atoms with van der Waals surface area (Å²) in [5.41, 5.74) is 2.19. The van der Waals surface area contributed by atoms with Crippen LogP contribution in [0, 0.1) is 18.8 Å². The maximum absolute atomic E-state index is 10.8. The van der Waals surface area contributed by atoms with Crippen LogP contribution < -0.4 is 9.64 Å². The van der Waals surface area contributed by atoms with Crippen LogP contribution in [0.15, 0.2) is 18.2 Å². The Labute approximate surface area is 107 Å². The number of carboxylic acid groups (broad SMARTS) is 1. The summed E-state index contributed by atoms with van der Waals surface area (Å²) in [5.74, 6) is 0.350. The van der Waals surface area contributed by atoms with Gasteiger partial charge in [-0.2, -0.15) is 0 Å². The van der Waals surface area contributed by atoms with Crippen molar-refractivity contribution < 1.29 is 14.6 Å². The molecule has 2 rings (SSSR count). The zero-order chi connectivity index (χ0) is 13.3. The van der Waals surface area contributed by atoms with E-state index in [0.717, 1.165) is 30.0 Å². The van der Waals surface area contributed by atoms with Crippen molar-refractivity contribution in [2.24, 2.45) is 11.8 Å². The fraction of sp³-hybridized carbons (Fsp3) is 0.500. The lowest BCUT2D eigenvalue weighted by Gasteiger charge is -2.20. The molecule has 4 nitrogen and oxygen atoms in total. The van der Waals surface area contributed by atoms with Gasteiger partial charge in [-0.15, -0.1) is 0 Å². The molecule has 18 heavy (non-hydrogen) atoms. The maximum Gasteiger partial charge on any atom is 0.306 e. The summed E-state index contributed by atoms with van der Waals surface area (Å²) < 4.78 is 5.23. The molecule has 0 saturated heterocycles. The molecule has 1 aliphatic carbocycles. The molecule has 1 fully saturated rings. The largest absolute Gasteiger partial charge is 0.496 e. The van der Waals surface area contributed by atoms with Gasteiger partial charge in [-0.1, -0.05) is 0 Å². The number of benzene rings is 1. The van der Waals surface area contributed by atoms with Gasteiger partial charge in [0.15, 0.2) is 0 Å². The third-order valence-electron chi connectivity index (χ3n) is 3.57. The van der Waals surface area contributed by atoms with Crippen molar-refractivity contribution in [3.05, 3.63) is 23.8 Å². The number of ether oxygens (including phenoxy) is 1. The molecule has 0 aromatic heterocycles. The molecule has 0 amide bonds. The highest BCUT2D eigenvalue weighted by Crippen LogP contribution is 2.39. The molecular formula is C14H19NO3. The number of hydrogen-bond acceptors (Lipinski definition) is 3. The topological polar surface area (TPSA) is 49.8 Å². The first-order valence-corrected chi connectivity index (χ1v) is 6.11. The van der Waals surface area contributed by atoms with E-state index in [-0.39, 0.29) is 11.8 Å². The normalized spacial score (nSPS) is 21.5. The summed E-state index contributed by atoms with van der Waals surface area (Å²) in [5, 5.41) is 8.88. The predicted molar refractivity (Wildman–Crippen MR) is 70.2 cm³/mol. The van der Waals surface area contributed by atoms with Crippen LogP contribution in [0.5, 0.6) is 5.75 Å². The molecule has 1 saturated carbocycles. The first-order valence-electron chi connectivity index (χ1n) is 6.11. The van der Waals surface area contributed by atoms with Gasteiger partial charge in [0.1, 0.15) is 5.75 Å². The van der Waals surface area contributed by atoms with Crippen LogP contribution in [0.4, 0.5) is 5.69 Å². The van der Waals surface area contributed by atoms with Gasteiger partial charge >= 0.3 is 5.97 Å². The van der Waals surface area contributed by atoms with Crippen LogP contribution in [0.2, 0.25) is 0 Å². The number of rotatable bonds is 5. The van der Waals surface area contributed by atoms with E-state index >= 15 is 0 Å². The van der Waals surface area contributed by atoms with Gasteiger partial charge in [0.05, 0.1) is 13.0 Å². The second kappa shape index (κ2) is 4.88. The summed E-state index contributed by atoms with van der Waals surface area (Å²) in [6.07, 6.45) is 0.800. The highest BCUT2D eigenvalue weighted by atomic mass is 16.5. The number of anilines is 1. The second-order valence-electron chi connectivity index (χ2n) is 4.97. The van der Waals surface area contributed by atoms with Gasteiger partial charge in [-0.05, 0) is 43.0 Å². The average molecular weight is 249 g/mol. The van der Waals surface area contributed by atoms with E-state index in [9.17, 15) is 4.79 Å². The number of methoxy groups -OCH3 is 1. The van der Waals surface area contributed by atoms with E-state index in [0.29, 0.717) is 0 Å². The van der Waals surface area contributed by atoms with E-state index in [1.807, 2.05) is 26.1 Å². The first kappa shape index (κ1) is 12.7. The highest BCUT2D eigenvalue weighted by Gasteiger charge is 2.43. The molecule has 4 heteroatoms. The Morgan fingerprint density at radius 2 is 2.28 bits per heavy atom. The highest BCUT2D eigenvalue weighted by molar-refractivity contribution is 5.73. The molecule has 0 bridgehead atoms. The molecule has 0 heterocycles. The molecule has 0 spiro atoms. The lowest BCUT2D eigenvalue weighted by atomic mass is 10.2. The average Bonchev–Trinajstić information content (AvgIpc) is 3.08. The number of carboxylic acids is 1. The van der Waals surface area contributed by atoms with Crippen LogP contribution in [0.25, 0.3) is 0 Å². The minimum absolute atomic E-state index is 0.146. The number of hydrogen-bond donors (Lipinski definition) is 1. The van der Waals surface area contributed by atoms with E-state index in [2.05, 4.69) is 11.0 Å². The molecule has 98 valence electrons. The third kappa shape index (κ3) is 2.58. The monoisotopic (exact) mass is 249 g/mol. The second-order valence-corrected chi connectivity index (χ2v) is 4.97. The molecule has 2 unspecified atom stereocenters. The number of aliphatic carboxylic acids is 1. The lowest BCUT2D eigenvalue weighted by molar-refractivity contribution is -0.138. The number of carbonyl (C=O) groups is 1. The maximum atomic E-state index is 10.8. The smallest absolute Gasteiger partial charge is 0.306 e. The van der Waals surface area contributed by atoms with Crippen LogP contribution in [-0.4, -0.2) is 31.8 Å². The van der Waals surface area contributed by atoms with Crippen molar-refractivity contribution in [2.75, 3.05) is 25.6 Å². The third-order valence-corrected chi connectivity index (χ3v) is 3.57. The molecule has 2 atom stereocenters. The Bertz CT molecular complexity index is 458. The Morgan fingerprint density at radius 3 is 2.78 bits per heavy atom. The molecule has 1 N–H and O–H groups in total. The SMILES string of the molecule is COc1ccc(N(C)CC2CC2C(=O)O)cc1C. The van der Waals surface area contributed by atoms with E-state index in [1.165, 1.54) is 0 Å². The zero-order valence-electron chi connectivity index (χ0n) is 11.0.